The van der Waals surface area contributed by atoms with Gasteiger partial charge in [-0.3, -0.25) is 0 Å². The zero-order valence-corrected chi connectivity index (χ0v) is 16.1. The molecule has 0 bridgehead atoms. The highest BCUT2D eigenvalue weighted by Gasteiger charge is 2.14. The Morgan fingerprint density at radius 1 is 1.21 bits per heavy atom. The summed E-state index contributed by atoms with van der Waals surface area (Å²) in [5.41, 5.74) is 1.72. The Morgan fingerprint density at radius 3 is 2.79 bits per heavy atom. The van der Waals surface area contributed by atoms with Crippen molar-refractivity contribution in [2.45, 2.75) is 13.8 Å². The summed E-state index contributed by atoms with van der Waals surface area (Å²) in [4.78, 5) is 23.1. The number of urea groups is 1. The van der Waals surface area contributed by atoms with E-state index in [4.69, 9.17) is 4.74 Å². The molecule has 0 spiro atoms. The first-order chi connectivity index (χ1) is 13.5. The van der Waals surface area contributed by atoms with Gasteiger partial charge in [-0.25, -0.2) is 14.2 Å². The predicted molar refractivity (Wildman–Crippen MR) is 106 cm³/mol. The number of morpholine rings is 1. The van der Waals surface area contributed by atoms with E-state index in [9.17, 15) is 9.18 Å². The molecule has 2 aromatic rings. The monoisotopic (exact) mass is 388 g/mol. The number of aromatic nitrogens is 2. The molecule has 1 aliphatic rings. The molecule has 8 nitrogen and oxygen atoms in total. The Hall–Kier alpha value is -2.94. The number of benzene rings is 1. The average Bonchev–Trinajstić information content (AvgIpc) is 2.69. The van der Waals surface area contributed by atoms with Crippen molar-refractivity contribution in [2.75, 3.05) is 54.9 Å². The van der Waals surface area contributed by atoms with E-state index in [1.54, 1.807) is 19.1 Å². The number of ether oxygens (including phenoxy) is 1. The van der Waals surface area contributed by atoms with Crippen LogP contribution in [0.2, 0.25) is 0 Å². The van der Waals surface area contributed by atoms with Crippen LogP contribution in [0.5, 0.6) is 0 Å². The topological polar surface area (TPSA) is 91.4 Å². The molecule has 150 valence electrons. The number of amides is 2. The van der Waals surface area contributed by atoms with E-state index < -0.39 is 6.03 Å². The molecule has 1 aromatic heterocycles. The number of hydrogen-bond acceptors (Lipinski definition) is 6. The lowest BCUT2D eigenvalue weighted by molar-refractivity contribution is 0.122. The van der Waals surface area contributed by atoms with E-state index in [1.807, 2.05) is 13.0 Å². The molecule has 9 heteroatoms. The highest BCUT2D eigenvalue weighted by Crippen LogP contribution is 2.17. The first-order valence-corrected chi connectivity index (χ1v) is 9.25. The summed E-state index contributed by atoms with van der Waals surface area (Å²) in [5, 5.41) is 8.49. The lowest BCUT2D eigenvalue weighted by Crippen LogP contribution is -2.37. The third-order valence-corrected chi connectivity index (χ3v) is 4.39. The van der Waals surface area contributed by atoms with Crippen LogP contribution in [0, 0.1) is 19.7 Å². The van der Waals surface area contributed by atoms with Crippen LogP contribution < -0.4 is 20.9 Å². The van der Waals surface area contributed by atoms with Gasteiger partial charge in [0.15, 0.2) is 0 Å². The van der Waals surface area contributed by atoms with Gasteiger partial charge in [-0.15, -0.1) is 0 Å². The van der Waals surface area contributed by atoms with Gasteiger partial charge >= 0.3 is 6.03 Å². The van der Waals surface area contributed by atoms with Crippen LogP contribution in [-0.4, -0.2) is 55.4 Å². The normalized spacial score (nSPS) is 13.9. The van der Waals surface area contributed by atoms with Gasteiger partial charge in [-0.2, -0.15) is 4.98 Å². The highest BCUT2D eigenvalue weighted by atomic mass is 19.1. The lowest BCUT2D eigenvalue weighted by atomic mass is 10.2. The minimum absolute atomic E-state index is 0.355. The maximum atomic E-state index is 13.5. The van der Waals surface area contributed by atoms with Gasteiger partial charge in [0, 0.05) is 49.2 Å². The van der Waals surface area contributed by atoms with Crippen molar-refractivity contribution in [2.24, 2.45) is 0 Å². The predicted octanol–water partition coefficient (Wildman–Crippen LogP) is 2.30. The fourth-order valence-corrected chi connectivity index (χ4v) is 2.85. The summed E-state index contributed by atoms with van der Waals surface area (Å²) in [6, 6.07) is 6.12. The first-order valence-electron chi connectivity index (χ1n) is 9.25. The quantitative estimate of drug-likeness (QED) is 0.658. The zero-order valence-electron chi connectivity index (χ0n) is 16.1. The standard InChI is InChI=1S/C19H25FN6O2/c1-13-12-17(26-8-10-28-11-9-26)25-18(23-13)21-6-7-22-19(27)24-16-5-3-4-15(20)14(16)2/h3-5,12H,6-11H2,1-2H3,(H,21,23,25)(H2,22,24,27). The Balaban J connectivity index is 1.47. The molecule has 1 fully saturated rings. The van der Waals surface area contributed by atoms with Crippen LogP contribution in [0.1, 0.15) is 11.3 Å². The number of halogens is 1. The second kappa shape index (κ2) is 9.32. The van der Waals surface area contributed by atoms with Gasteiger partial charge in [0.2, 0.25) is 5.95 Å². The van der Waals surface area contributed by atoms with E-state index in [-0.39, 0.29) is 5.82 Å². The summed E-state index contributed by atoms with van der Waals surface area (Å²) >= 11 is 0. The molecule has 3 rings (SSSR count). The second-order valence-corrected chi connectivity index (χ2v) is 6.51. The van der Waals surface area contributed by atoms with Gasteiger partial charge in [-0.1, -0.05) is 6.07 Å². The van der Waals surface area contributed by atoms with Crippen molar-refractivity contribution >= 4 is 23.5 Å². The number of rotatable bonds is 6. The maximum Gasteiger partial charge on any atom is 0.319 e. The number of carbonyl (C=O) groups excluding carboxylic acids is 1. The van der Waals surface area contributed by atoms with Crippen LogP contribution in [0.4, 0.5) is 26.6 Å². The summed E-state index contributed by atoms with van der Waals surface area (Å²) in [6.07, 6.45) is 0. The number of carbonyl (C=O) groups is 1. The molecular weight excluding hydrogens is 363 g/mol. The molecule has 2 heterocycles. The molecule has 1 aliphatic heterocycles. The molecule has 0 atom stereocenters. The minimum atomic E-state index is -0.394. The number of hydrogen-bond donors (Lipinski definition) is 3. The molecule has 0 unspecified atom stereocenters. The summed E-state index contributed by atoms with van der Waals surface area (Å²) in [5.74, 6) is 1.03. The molecule has 0 radical (unpaired) electrons. The molecule has 0 aliphatic carbocycles. The van der Waals surface area contributed by atoms with Crippen molar-refractivity contribution in [1.29, 1.82) is 0 Å². The smallest absolute Gasteiger partial charge is 0.319 e. The summed E-state index contributed by atoms with van der Waals surface area (Å²) in [6.45, 7) is 7.35. The van der Waals surface area contributed by atoms with Crippen molar-refractivity contribution in [3.8, 4) is 0 Å². The molecule has 0 saturated carbocycles. The number of nitrogens with zero attached hydrogens (tertiary/aromatic N) is 3. The first kappa shape index (κ1) is 19.8. The van der Waals surface area contributed by atoms with Gasteiger partial charge in [0.25, 0.3) is 0 Å². The fraction of sp³-hybridized carbons (Fsp3) is 0.421. The zero-order chi connectivity index (χ0) is 19.9. The van der Waals surface area contributed by atoms with Crippen LogP contribution in [0.15, 0.2) is 24.3 Å². The lowest BCUT2D eigenvalue weighted by Gasteiger charge is -2.28. The summed E-state index contributed by atoms with van der Waals surface area (Å²) < 4.78 is 18.9. The second-order valence-electron chi connectivity index (χ2n) is 6.51. The van der Waals surface area contributed by atoms with E-state index in [1.165, 1.54) is 6.07 Å². The van der Waals surface area contributed by atoms with Gasteiger partial charge in [0.1, 0.15) is 11.6 Å². The molecular formula is C19H25FN6O2. The summed E-state index contributed by atoms with van der Waals surface area (Å²) in [7, 11) is 0. The molecule has 1 saturated heterocycles. The molecule has 1 aromatic carbocycles. The average molecular weight is 388 g/mol. The third kappa shape index (κ3) is 5.29. The van der Waals surface area contributed by atoms with Gasteiger partial charge in [0.05, 0.1) is 13.2 Å². The Labute approximate surface area is 163 Å². The van der Waals surface area contributed by atoms with E-state index in [0.717, 1.165) is 24.6 Å². The van der Waals surface area contributed by atoms with Gasteiger partial charge in [-0.05, 0) is 26.0 Å². The van der Waals surface area contributed by atoms with E-state index in [2.05, 4.69) is 30.8 Å². The van der Waals surface area contributed by atoms with Crippen molar-refractivity contribution in [3.05, 3.63) is 41.3 Å². The molecule has 2 amide bonds. The fourth-order valence-electron chi connectivity index (χ4n) is 2.85. The van der Waals surface area contributed by atoms with Crippen molar-refractivity contribution in [1.82, 2.24) is 15.3 Å². The molecule has 28 heavy (non-hydrogen) atoms. The maximum absolute atomic E-state index is 13.5. The Bertz CT molecular complexity index is 826. The van der Waals surface area contributed by atoms with Crippen LogP contribution in [0.3, 0.4) is 0 Å². The van der Waals surface area contributed by atoms with Crippen LogP contribution >= 0.6 is 0 Å². The van der Waals surface area contributed by atoms with Crippen molar-refractivity contribution in [3.63, 3.8) is 0 Å². The van der Waals surface area contributed by atoms with Crippen molar-refractivity contribution < 1.29 is 13.9 Å². The number of nitrogens with one attached hydrogen (secondary N) is 3. The molecule has 3 N–H and O–H groups in total. The highest BCUT2D eigenvalue weighted by molar-refractivity contribution is 5.90. The van der Waals surface area contributed by atoms with Crippen LogP contribution in [-0.2, 0) is 4.74 Å². The Morgan fingerprint density at radius 2 is 2.00 bits per heavy atom. The Kier molecular flexibility index (Phi) is 6.59. The number of aryl methyl sites for hydroxylation is 1. The largest absolute Gasteiger partial charge is 0.378 e. The SMILES string of the molecule is Cc1cc(N2CCOCC2)nc(NCCNC(=O)Nc2cccc(F)c2C)n1. The van der Waals surface area contributed by atoms with E-state index >= 15 is 0 Å². The minimum Gasteiger partial charge on any atom is -0.378 e. The van der Waals surface area contributed by atoms with Crippen LogP contribution in [0.25, 0.3) is 0 Å². The third-order valence-electron chi connectivity index (χ3n) is 4.39. The van der Waals surface area contributed by atoms with E-state index in [0.29, 0.717) is 43.5 Å². The van der Waals surface area contributed by atoms with Gasteiger partial charge < -0.3 is 25.6 Å². The number of anilines is 3.